The van der Waals surface area contributed by atoms with E-state index in [9.17, 15) is 14.7 Å². The van der Waals surface area contributed by atoms with Gasteiger partial charge in [0.05, 0.1) is 23.9 Å². The molecule has 1 unspecified atom stereocenters. The lowest BCUT2D eigenvalue weighted by Crippen LogP contribution is -2.45. The summed E-state index contributed by atoms with van der Waals surface area (Å²) in [6, 6.07) is 15.6. The summed E-state index contributed by atoms with van der Waals surface area (Å²) in [5.41, 5.74) is 3.14. The van der Waals surface area contributed by atoms with Crippen molar-refractivity contribution in [1.29, 1.82) is 0 Å². The highest BCUT2D eigenvalue weighted by Gasteiger charge is 2.42. The highest BCUT2D eigenvalue weighted by atomic mass is 16.3. The quantitative estimate of drug-likeness (QED) is 0.894. The second-order valence-corrected chi connectivity index (χ2v) is 6.54. The fourth-order valence-corrected chi connectivity index (χ4v) is 3.47. The van der Waals surface area contributed by atoms with Crippen LogP contribution in [0.25, 0.3) is 0 Å². The summed E-state index contributed by atoms with van der Waals surface area (Å²) < 4.78 is 0. The number of benzene rings is 2. The number of carbonyl (C=O) groups excluding carboxylic acids is 2. The lowest BCUT2D eigenvalue weighted by molar-refractivity contribution is -0.126. The van der Waals surface area contributed by atoms with E-state index >= 15 is 0 Å². The van der Waals surface area contributed by atoms with Crippen LogP contribution in [0.15, 0.2) is 65.9 Å². The van der Waals surface area contributed by atoms with Gasteiger partial charge >= 0.3 is 6.03 Å². The van der Waals surface area contributed by atoms with Crippen LogP contribution >= 0.6 is 0 Å². The van der Waals surface area contributed by atoms with Gasteiger partial charge in [0, 0.05) is 13.6 Å². The van der Waals surface area contributed by atoms with Crippen molar-refractivity contribution in [3.8, 4) is 5.75 Å². The Morgan fingerprint density at radius 2 is 1.77 bits per heavy atom. The van der Waals surface area contributed by atoms with Gasteiger partial charge < -0.3 is 15.3 Å². The largest absolute Gasteiger partial charge is 0.508 e. The lowest BCUT2D eigenvalue weighted by Gasteiger charge is -2.31. The highest BCUT2D eigenvalue weighted by molar-refractivity contribution is 6.01. The number of phenolic OH excluding ortho intramolecular Hbond substituents is 1. The van der Waals surface area contributed by atoms with E-state index in [2.05, 4.69) is 5.32 Å². The molecule has 132 valence electrons. The number of hydrogen-bond donors (Lipinski definition) is 2. The normalized spacial score (nSPS) is 19.7. The molecule has 2 aromatic carbocycles. The summed E-state index contributed by atoms with van der Waals surface area (Å²) in [6.45, 7) is 0.901. The first-order chi connectivity index (χ1) is 12.5. The molecule has 6 heteroatoms. The Morgan fingerprint density at radius 1 is 1.08 bits per heavy atom. The average Bonchev–Trinajstić information content (AvgIpc) is 2.97. The zero-order valence-corrected chi connectivity index (χ0v) is 14.3. The third-order valence-corrected chi connectivity index (χ3v) is 4.88. The maximum atomic E-state index is 13.1. The number of amides is 3. The van der Waals surface area contributed by atoms with Gasteiger partial charge in [-0.1, -0.05) is 42.5 Å². The standard InChI is InChI=1S/C20H19N3O3/c1-22-16-12-23(11-13-5-3-2-4-6-13)19(25)17(16)18(21-20(22)26)14-7-9-15(24)10-8-14/h2-10,18,24H,11-12H2,1H3,(H,21,26). The maximum Gasteiger partial charge on any atom is 0.322 e. The molecule has 2 aliphatic rings. The van der Waals surface area contributed by atoms with Gasteiger partial charge in [-0.15, -0.1) is 0 Å². The first kappa shape index (κ1) is 16.2. The summed E-state index contributed by atoms with van der Waals surface area (Å²) >= 11 is 0. The molecule has 0 fully saturated rings. The molecule has 0 saturated heterocycles. The molecule has 26 heavy (non-hydrogen) atoms. The third-order valence-electron chi connectivity index (χ3n) is 4.88. The smallest absolute Gasteiger partial charge is 0.322 e. The van der Waals surface area contributed by atoms with E-state index in [1.165, 1.54) is 4.90 Å². The molecule has 0 spiro atoms. The fraction of sp³-hybridized carbons (Fsp3) is 0.200. The predicted octanol–water partition coefficient (Wildman–Crippen LogP) is 2.38. The van der Waals surface area contributed by atoms with Gasteiger partial charge in [-0.3, -0.25) is 9.69 Å². The number of aromatic hydroxyl groups is 1. The van der Waals surface area contributed by atoms with Crippen molar-refractivity contribution in [2.75, 3.05) is 13.6 Å². The molecule has 0 aromatic heterocycles. The Hall–Kier alpha value is -3.28. The summed E-state index contributed by atoms with van der Waals surface area (Å²) in [7, 11) is 1.68. The van der Waals surface area contributed by atoms with Crippen LogP contribution in [0.1, 0.15) is 17.2 Å². The summed E-state index contributed by atoms with van der Waals surface area (Å²) in [5, 5.41) is 12.4. The van der Waals surface area contributed by atoms with Crippen molar-refractivity contribution in [2.24, 2.45) is 0 Å². The van der Waals surface area contributed by atoms with Crippen LogP contribution in [-0.2, 0) is 11.3 Å². The summed E-state index contributed by atoms with van der Waals surface area (Å²) in [4.78, 5) is 28.7. The Morgan fingerprint density at radius 3 is 2.46 bits per heavy atom. The average molecular weight is 349 g/mol. The van der Waals surface area contributed by atoms with E-state index < -0.39 is 6.04 Å². The minimum Gasteiger partial charge on any atom is -0.508 e. The number of carbonyl (C=O) groups is 2. The van der Waals surface area contributed by atoms with E-state index in [-0.39, 0.29) is 17.7 Å². The number of likely N-dealkylation sites (N-methyl/N-ethyl adjacent to an activating group) is 1. The van der Waals surface area contributed by atoms with Crippen molar-refractivity contribution in [1.82, 2.24) is 15.1 Å². The Bertz CT molecular complexity index is 890. The zero-order valence-electron chi connectivity index (χ0n) is 14.3. The molecule has 4 rings (SSSR count). The maximum absolute atomic E-state index is 13.1. The van der Waals surface area contributed by atoms with Gasteiger partial charge in [0.15, 0.2) is 0 Å². The molecule has 6 nitrogen and oxygen atoms in total. The van der Waals surface area contributed by atoms with Crippen LogP contribution in [-0.4, -0.2) is 40.4 Å². The minimum absolute atomic E-state index is 0.0752. The summed E-state index contributed by atoms with van der Waals surface area (Å²) in [6.07, 6.45) is 0. The number of nitrogens with zero attached hydrogens (tertiary/aromatic N) is 2. The van der Waals surface area contributed by atoms with Crippen LogP contribution < -0.4 is 5.32 Å². The molecule has 2 N–H and O–H groups in total. The number of nitrogens with one attached hydrogen (secondary N) is 1. The van der Waals surface area contributed by atoms with Crippen LogP contribution in [0.3, 0.4) is 0 Å². The highest BCUT2D eigenvalue weighted by Crippen LogP contribution is 2.36. The SMILES string of the molecule is CN1C(=O)NC(c2ccc(O)cc2)C2=C1CN(Cc1ccccc1)C2=O. The number of rotatable bonds is 3. The summed E-state index contributed by atoms with van der Waals surface area (Å²) in [5.74, 6) is 0.0689. The second kappa shape index (κ2) is 6.22. The predicted molar refractivity (Wildman–Crippen MR) is 96.0 cm³/mol. The minimum atomic E-state index is -0.512. The van der Waals surface area contributed by atoms with Gasteiger partial charge in [0.2, 0.25) is 0 Å². The molecule has 0 radical (unpaired) electrons. The first-order valence-electron chi connectivity index (χ1n) is 8.44. The molecule has 1 atom stereocenters. The number of hydrogen-bond acceptors (Lipinski definition) is 3. The van der Waals surface area contributed by atoms with Gasteiger partial charge in [-0.05, 0) is 23.3 Å². The van der Waals surface area contributed by atoms with Crippen LogP contribution in [0.2, 0.25) is 0 Å². The monoisotopic (exact) mass is 349 g/mol. The Labute approximate surface area is 151 Å². The van der Waals surface area contributed by atoms with Gasteiger partial charge in [-0.25, -0.2) is 4.79 Å². The van der Waals surface area contributed by atoms with Crippen molar-refractivity contribution in [3.63, 3.8) is 0 Å². The molecule has 2 heterocycles. The molecule has 0 bridgehead atoms. The third kappa shape index (κ3) is 2.69. The first-order valence-corrected chi connectivity index (χ1v) is 8.44. The topological polar surface area (TPSA) is 72.9 Å². The Balaban J connectivity index is 1.67. The van der Waals surface area contributed by atoms with Crippen molar-refractivity contribution in [3.05, 3.63) is 77.0 Å². The number of urea groups is 1. The van der Waals surface area contributed by atoms with E-state index in [0.29, 0.717) is 18.7 Å². The fourth-order valence-electron chi connectivity index (χ4n) is 3.47. The molecule has 2 aromatic rings. The van der Waals surface area contributed by atoms with E-state index in [1.807, 2.05) is 30.3 Å². The van der Waals surface area contributed by atoms with Gasteiger partial charge in [0.25, 0.3) is 5.91 Å². The van der Waals surface area contributed by atoms with E-state index in [0.717, 1.165) is 16.8 Å². The molecule has 0 saturated carbocycles. The number of phenols is 1. The van der Waals surface area contributed by atoms with E-state index in [4.69, 9.17) is 0 Å². The zero-order chi connectivity index (χ0) is 18.3. The van der Waals surface area contributed by atoms with Gasteiger partial charge in [0.1, 0.15) is 5.75 Å². The molecule has 3 amide bonds. The molecule has 0 aliphatic carbocycles. The molecule has 2 aliphatic heterocycles. The van der Waals surface area contributed by atoms with Crippen LogP contribution in [0.5, 0.6) is 5.75 Å². The van der Waals surface area contributed by atoms with Gasteiger partial charge in [-0.2, -0.15) is 0 Å². The molecular formula is C20H19N3O3. The van der Waals surface area contributed by atoms with Crippen molar-refractivity contribution < 1.29 is 14.7 Å². The van der Waals surface area contributed by atoms with E-state index in [1.54, 1.807) is 36.2 Å². The molecular weight excluding hydrogens is 330 g/mol. The second-order valence-electron chi connectivity index (χ2n) is 6.54. The lowest BCUT2D eigenvalue weighted by atomic mass is 9.95. The van der Waals surface area contributed by atoms with Crippen molar-refractivity contribution in [2.45, 2.75) is 12.6 Å². The van der Waals surface area contributed by atoms with Crippen LogP contribution in [0.4, 0.5) is 4.79 Å². The van der Waals surface area contributed by atoms with Crippen LogP contribution in [0, 0.1) is 0 Å². The Kier molecular flexibility index (Phi) is 3.88. The van der Waals surface area contributed by atoms with Crippen molar-refractivity contribution >= 4 is 11.9 Å².